The number of thiol groups is 1. The fraction of sp³-hybridized carbons (Fsp3) is 0.769. The summed E-state index contributed by atoms with van der Waals surface area (Å²) in [6.07, 6.45) is 0.551. The Labute approximate surface area is 114 Å². The molecule has 0 unspecified atom stereocenters. The zero-order valence-corrected chi connectivity index (χ0v) is 12.5. The van der Waals surface area contributed by atoms with Gasteiger partial charge in [0.15, 0.2) is 0 Å². The Morgan fingerprint density at radius 3 is 2.50 bits per heavy atom. The highest BCUT2D eigenvalue weighted by atomic mass is 32.1. The monoisotopic (exact) mass is 273 g/mol. The molecule has 0 aromatic rings. The quantitative estimate of drug-likeness (QED) is 0.722. The first-order valence-electron chi connectivity index (χ1n) is 6.15. The van der Waals surface area contributed by atoms with Gasteiger partial charge in [0.1, 0.15) is 5.60 Å². The number of ether oxygens (including phenoxy) is 1. The van der Waals surface area contributed by atoms with E-state index < -0.39 is 11.2 Å². The van der Waals surface area contributed by atoms with Crippen LogP contribution >= 0.6 is 12.6 Å². The van der Waals surface area contributed by atoms with Crippen LogP contribution < -0.4 is 0 Å². The Kier molecular flexibility index (Phi) is 4.38. The molecule has 0 spiro atoms. The van der Waals surface area contributed by atoms with Gasteiger partial charge in [-0.1, -0.05) is 6.58 Å². The molecule has 2 atom stereocenters. The smallest absolute Gasteiger partial charge is 0.410 e. The van der Waals surface area contributed by atoms with Crippen LogP contribution in [0.1, 0.15) is 40.5 Å². The van der Waals surface area contributed by atoms with E-state index in [0.717, 1.165) is 0 Å². The van der Waals surface area contributed by atoms with Crippen LogP contribution in [0.15, 0.2) is 11.5 Å². The normalized spacial score (nSPS) is 29.0. The van der Waals surface area contributed by atoms with Crippen molar-refractivity contribution in [3.05, 3.63) is 11.5 Å². The second-order valence-corrected chi connectivity index (χ2v) is 6.49. The minimum atomic E-state index is -0.985. The summed E-state index contributed by atoms with van der Waals surface area (Å²) in [5.41, 5.74) is -1.49. The molecule has 5 heteroatoms. The van der Waals surface area contributed by atoms with Crippen molar-refractivity contribution in [3.8, 4) is 0 Å². The lowest BCUT2D eigenvalue weighted by Gasteiger charge is -2.42. The lowest BCUT2D eigenvalue weighted by atomic mass is 9.87. The predicted molar refractivity (Wildman–Crippen MR) is 74.7 cm³/mol. The van der Waals surface area contributed by atoms with E-state index in [4.69, 9.17) is 4.74 Å². The molecule has 0 aromatic heterocycles. The van der Waals surface area contributed by atoms with Crippen LogP contribution in [0, 0.1) is 0 Å². The third-order valence-electron chi connectivity index (χ3n) is 3.10. The zero-order valence-electron chi connectivity index (χ0n) is 11.6. The van der Waals surface area contributed by atoms with Gasteiger partial charge in [-0.2, -0.15) is 0 Å². The molecule has 18 heavy (non-hydrogen) atoms. The average Bonchev–Trinajstić information content (AvgIpc) is 2.13. The van der Waals surface area contributed by atoms with Crippen molar-refractivity contribution in [1.82, 2.24) is 4.90 Å². The zero-order chi connectivity index (χ0) is 14.1. The third kappa shape index (κ3) is 3.65. The molecule has 1 amide bonds. The van der Waals surface area contributed by atoms with E-state index in [1.54, 1.807) is 4.90 Å². The van der Waals surface area contributed by atoms with Crippen molar-refractivity contribution in [2.45, 2.75) is 57.8 Å². The molecule has 1 fully saturated rings. The molecule has 1 aliphatic heterocycles. The molecule has 0 saturated carbocycles. The van der Waals surface area contributed by atoms with Gasteiger partial charge in [-0.25, -0.2) is 4.79 Å². The fourth-order valence-electron chi connectivity index (χ4n) is 2.08. The van der Waals surface area contributed by atoms with E-state index in [2.05, 4.69) is 19.2 Å². The molecule has 0 aromatic carbocycles. The maximum atomic E-state index is 12.0. The summed E-state index contributed by atoms with van der Waals surface area (Å²) >= 11 is 4.14. The molecular weight excluding hydrogens is 250 g/mol. The summed E-state index contributed by atoms with van der Waals surface area (Å²) < 4.78 is 5.34. The maximum absolute atomic E-state index is 12.0. The summed E-state index contributed by atoms with van der Waals surface area (Å²) in [4.78, 5) is 14.1. The molecule has 1 rings (SSSR count). The van der Waals surface area contributed by atoms with Crippen molar-refractivity contribution in [2.24, 2.45) is 0 Å². The highest BCUT2D eigenvalue weighted by molar-refractivity contribution is 7.84. The average molecular weight is 273 g/mol. The van der Waals surface area contributed by atoms with Gasteiger partial charge in [-0.15, -0.1) is 12.6 Å². The van der Waals surface area contributed by atoms with Gasteiger partial charge in [-0.3, -0.25) is 0 Å². The van der Waals surface area contributed by atoms with Crippen molar-refractivity contribution in [2.75, 3.05) is 6.54 Å². The van der Waals surface area contributed by atoms with Crippen LogP contribution in [0.4, 0.5) is 4.79 Å². The topological polar surface area (TPSA) is 49.8 Å². The van der Waals surface area contributed by atoms with Gasteiger partial charge in [0.25, 0.3) is 0 Å². The van der Waals surface area contributed by atoms with Crippen LogP contribution in [0.5, 0.6) is 0 Å². The molecule has 1 N–H and O–H groups in total. The van der Waals surface area contributed by atoms with E-state index >= 15 is 0 Å². The van der Waals surface area contributed by atoms with Crippen LogP contribution in [0.3, 0.4) is 0 Å². The molecule has 0 radical (unpaired) electrons. The Morgan fingerprint density at radius 1 is 1.56 bits per heavy atom. The number of carbonyl (C=O) groups excluding carboxylic acids is 1. The van der Waals surface area contributed by atoms with E-state index in [0.29, 0.717) is 24.3 Å². The number of hydrogen-bond donors (Lipinski definition) is 2. The summed E-state index contributed by atoms with van der Waals surface area (Å²) in [5.74, 6) is 0. The number of nitrogens with zero attached hydrogens (tertiary/aromatic N) is 1. The van der Waals surface area contributed by atoms with Gasteiger partial charge in [0.05, 0.1) is 5.60 Å². The molecular formula is C13H23NO3S. The first kappa shape index (κ1) is 15.4. The first-order chi connectivity index (χ1) is 8.05. The largest absolute Gasteiger partial charge is 0.444 e. The molecule has 0 bridgehead atoms. The van der Waals surface area contributed by atoms with Crippen LogP contribution in [0.2, 0.25) is 0 Å². The number of carbonyl (C=O) groups is 1. The predicted octanol–water partition coefficient (Wildman–Crippen LogP) is 2.58. The standard InChI is InChI=1S/C13H23NO3S/c1-9-8-13(16,10(2)18)6-7-14(9)11(15)17-12(3,4)5/h9,16,18H,2,6-8H2,1,3-5H3/t9-,13+/m0/s1. The summed E-state index contributed by atoms with van der Waals surface area (Å²) in [6.45, 7) is 11.6. The second-order valence-electron chi connectivity index (χ2n) is 5.96. The number of hydrogen-bond acceptors (Lipinski definition) is 4. The Balaban J connectivity index is 2.68. The second kappa shape index (κ2) is 5.13. The summed E-state index contributed by atoms with van der Waals surface area (Å²) in [6, 6.07) is -0.0949. The highest BCUT2D eigenvalue weighted by Gasteiger charge is 2.40. The SMILES string of the molecule is C=C(S)[C@@]1(O)CCN(C(=O)OC(C)(C)C)[C@@H](C)C1. The van der Waals surface area contributed by atoms with Gasteiger partial charge in [0, 0.05) is 23.9 Å². The number of rotatable bonds is 1. The van der Waals surface area contributed by atoms with Crippen LogP contribution in [0.25, 0.3) is 0 Å². The van der Waals surface area contributed by atoms with Gasteiger partial charge in [0.2, 0.25) is 0 Å². The van der Waals surface area contributed by atoms with Gasteiger partial charge >= 0.3 is 6.09 Å². The number of amides is 1. The number of aliphatic hydroxyl groups is 1. The van der Waals surface area contributed by atoms with Crippen molar-refractivity contribution < 1.29 is 14.6 Å². The van der Waals surface area contributed by atoms with Crippen molar-refractivity contribution in [1.29, 1.82) is 0 Å². The van der Waals surface area contributed by atoms with E-state index in [1.165, 1.54) is 0 Å². The van der Waals surface area contributed by atoms with Crippen molar-refractivity contribution >= 4 is 18.7 Å². The third-order valence-corrected chi connectivity index (χ3v) is 3.51. The van der Waals surface area contributed by atoms with E-state index in [1.807, 2.05) is 27.7 Å². The van der Waals surface area contributed by atoms with Crippen molar-refractivity contribution in [3.63, 3.8) is 0 Å². The fourth-order valence-corrected chi connectivity index (χ4v) is 2.28. The molecule has 1 heterocycles. The maximum Gasteiger partial charge on any atom is 0.410 e. The number of likely N-dealkylation sites (tertiary alicyclic amines) is 1. The highest BCUT2D eigenvalue weighted by Crippen LogP contribution is 2.34. The lowest BCUT2D eigenvalue weighted by Crippen LogP contribution is -2.52. The van der Waals surface area contributed by atoms with E-state index in [-0.39, 0.29) is 12.1 Å². The molecule has 4 nitrogen and oxygen atoms in total. The Bertz CT molecular complexity index is 351. The van der Waals surface area contributed by atoms with Crippen LogP contribution in [-0.4, -0.2) is 39.9 Å². The molecule has 1 aliphatic rings. The van der Waals surface area contributed by atoms with E-state index in [9.17, 15) is 9.90 Å². The Morgan fingerprint density at radius 2 is 2.11 bits per heavy atom. The lowest BCUT2D eigenvalue weighted by molar-refractivity contribution is -0.0284. The summed E-state index contributed by atoms with van der Waals surface area (Å²) in [7, 11) is 0. The first-order valence-corrected chi connectivity index (χ1v) is 6.60. The molecule has 1 saturated heterocycles. The number of piperidine rings is 1. The minimum absolute atomic E-state index is 0.0949. The van der Waals surface area contributed by atoms with Gasteiger partial charge < -0.3 is 14.7 Å². The molecule has 104 valence electrons. The van der Waals surface area contributed by atoms with Crippen LogP contribution in [-0.2, 0) is 4.74 Å². The summed E-state index contributed by atoms with van der Waals surface area (Å²) in [5, 5.41) is 10.3. The molecule has 0 aliphatic carbocycles. The van der Waals surface area contributed by atoms with Gasteiger partial charge in [-0.05, 0) is 34.1 Å². The minimum Gasteiger partial charge on any atom is -0.444 e. The Hall–Kier alpha value is -0.680.